The van der Waals surface area contributed by atoms with Gasteiger partial charge in [0.15, 0.2) is 0 Å². The molecule has 2 nitrogen and oxygen atoms in total. The Bertz CT molecular complexity index is 586. The number of rotatable bonds is 3. The van der Waals surface area contributed by atoms with Crippen molar-refractivity contribution in [1.82, 2.24) is 0 Å². The predicted molar refractivity (Wildman–Crippen MR) is 64.5 cm³/mol. The van der Waals surface area contributed by atoms with Gasteiger partial charge in [0.1, 0.15) is 23.3 Å². The number of halogens is 4. The quantitative estimate of drug-likeness (QED) is 0.507. The molecule has 2 aromatic rings. The van der Waals surface area contributed by atoms with Crippen LogP contribution in [0.5, 0.6) is 0 Å². The van der Waals surface area contributed by atoms with Crippen LogP contribution in [0.1, 0.15) is 0 Å². The van der Waals surface area contributed by atoms with Crippen molar-refractivity contribution in [1.29, 1.82) is 0 Å². The molecule has 98 valence electrons. The molecule has 0 aliphatic heterocycles. The molecule has 0 aliphatic carbocycles. The van der Waals surface area contributed by atoms with E-state index >= 15 is 0 Å². The van der Waals surface area contributed by atoms with Crippen LogP contribution in [0.15, 0.2) is 41.4 Å². The van der Waals surface area contributed by atoms with Gasteiger partial charge in [0.2, 0.25) is 0 Å². The molecule has 2 aromatic carbocycles. The Morgan fingerprint density at radius 3 is 1.74 bits per heavy atom. The van der Waals surface area contributed by atoms with Crippen LogP contribution in [0.2, 0.25) is 0 Å². The lowest BCUT2D eigenvalue weighted by Crippen LogP contribution is -1.96. The maximum absolute atomic E-state index is 12.9. The van der Waals surface area contributed by atoms with Crippen LogP contribution < -0.4 is 5.32 Å². The largest absolute Gasteiger partial charge is 0.346 e. The summed E-state index contributed by atoms with van der Waals surface area (Å²) in [6.45, 7) is 0. The van der Waals surface area contributed by atoms with Gasteiger partial charge >= 0.3 is 0 Å². The normalized spacial score (nSPS) is 10.9. The molecule has 19 heavy (non-hydrogen) atoms. The lowest BCUT2D eigenvalue weighted by Gasteiger charge is -2.01. The minimum absolute atomic E-state index is 0.0434. The summed E-state index contributed by atoms with van der Waals surface area (Å²) in [5.41, 5.74) is 0.181. The predicted octanol–water partition coefficient (Wildman–Crippen LogP) is 4.01. The lowest BCUT2D eigenvalue weighted by molar-refractivity contribution is 0.583. The SMILES string of the molecule is Fc1cc(F)cc(N=CNc2cc(F)cc(F)c2)c1. The minimum Gasteiger partial charge on any atom is -0.346 e. The standard InChI is InChI=1S/C13H8F4N2/c14-8-1-9(15)4-12(3-8)18-7-19-13-5-10(16)2-11(17)6-13/h1-7H,(H,18,19). The second-order valence-electron chi connectivity index (χ2n) is 3.69. The fraction of sp³-hybridized carbons (Fsp3) is 0. The first-order valence-corrected chi connectivity index (χ1v) is 5.24. The van der Waals surface area contributed by atoms with Gasteiger partial charge in [-0.05, 0) is 24.3 Å². The molecule has 0 heterocycles. The van der Waals surface area contributed by atoms with Crippen LogP contribution >= 0.6 is 0 Å². The Morgan fingerprint density at radius 2 is 1.21 bits per heavy atom. The average molecular weight is 268 g/mol. The number of nitrogens with zero attached hydrogens (tertiary/aromatic N) is 1. The number of aliphatic imine (C=N–C) groups is 1. The summed E-state index contributed by atoms with van der Waals surface area (Å²) in [4.78, 5) is 3.72. The molecule has 0 aromatic heterocycles. The molecule has 0 atom stereocenters. The van der Waals surface area contributed by atoms with E-state index in [1.807, 2.05) is 0 Å². The molecule has 6 heteroatoms. The Balaban J connectivity index is 2.11. The highest BCUT2D eigenvalue weighted by Gasteiger charge is 2.00. The summed E-state index contributed by atoms with van der Waals surface area (Å²) in [5.74, 6) is -3.01. The summed E-state index contributed by atoms with van der Waals surface area (Å²) in [6.07, 6.45) is 1.09. The first-order valence-electron chi connectivity index (χ1n) is 5.24. The van der Waals surface area contributed by atoms with E-state index in [1.54, 1.807) is 0 Å². The van der Waals surface area contributed by atoms with E-state index in [1.165, 1.54) is 0 Å². The van der Waals surface area contributed by atoms with Crippen LogP contribution in [0, 0.1) is 23.3 Å². The summed E-state index contributed by atoms with van der Waals surface area (Å²) < 4.78 is 51.4. The van der Waals surface area contributed by atoms with Crippen molar-refractivity contribution < 1.29 is 17.6 Å². The maximum atomic E-state index is 12.9. The third kappa shape index (κ3) is 3.80. The zero-order valence-electron chi connectivity index (χ0n) is 9.50. The molecule has 0 saturated carbocycles. The molecule has 0 amide bonds. The molecule has 0 aliphatic rings. The summed E-state index contributed by atoms with van der Waals surface area (Å²) in [6, 6.07) is 5.60. The van der Waals surface area contributed by atoms with Gasteiger partial charge in [-0.2, -0.15) is 0 Å². The zero-order chi connectivity index (χ0) is 13.8. The van der Waals surface area contributed by atoms with Crippen molar-refractivity contribution in [2.24, 2.45) is 4.99 Å². The van der Waals surface area contributed by atoms with Gasteiger partial charge in [-0.1, -0.05) is 0 Å². The van der Waals surface area contributed by atoms with Gasteiger partial charge in [-0.15, -0.1) is 0 Å². The Labute approximate surface area is 106 Å². The highest BCUT2D eigenvalue weighted by molar-refractivity contribution is 5.77. The van der Waals surface area contributed by atoms with E-state index in [0.29, 0.717) is 6.07 Å². The molecule has 0 saturated heterocycles. The Morgan fingerprint density at radius 1 is 0.737 bits per heavy atom. The molecule has 0 radical (unpaired) electrons. The highest BCUT2D eigenvalue weighted by Crippen LogP contribution is 2.16. The molecule has 0 spiro atoms. The summed E-state index contributed by atoms with van der Waals surface area (Å²) >= 11 is 0. The van der Waals surface area contributed by atoms with Gasteiger partial charge in [0.25, 0.3) is 0 Å². The minimum atomic E-state index is -0.760. The van der Waals surface area contributed by atoms with Crippen molar-refractivity contribution in [2.75, 3.05) is 5.32 Å². The van der Waals surface area contributed by atoms with Crippen LogP contribution in [0.25, 0.3) is 0 Å². The van der Waals surface area contributed by atoms with Gasteiger partial charge in [-0.25, -0.2) is 22.6 Å². The number of benzene rings is 2. The highest BCUT2D eigenvalue weighted by atomic mass is 19.1. The first kappa shape index (κ1) is 13.1. The van der Waals surface area contributed by atoms with E-state index in [4.69, 9.17) is 0 Å². The zero-order valence-corrected chi connectivity index (χ0v) is 9.50. The molecular formula is C13H8F4N2. The van der Waals surface area contributed by atoms with Crippen molar-refractivity contribution in [3.8, 4) is 0 Å². The number of anilines is 1. The van der Waals surface area contributed by atoms with Crippen molar-refractivity contribution in [2.45, 2.75) is 0 Å². The fourth-order valence-electron chi connectivity index (χ4n) is 1.43. The van der Waals surface area contributed by atoms with E-state index < -0.39 is 23.3 Å². The Hall–Kier alpha value is -2.37. The molecule has 0 bridgehead atoms. The van der Waals surface area contributed by atoms with Crippen LogP contribution in [-0.2, 0) is 0 Å². The first-order chi connectivity index (χ1) is 9.02. The molecule has 2 rings (SSSR count). The van der Waals surface area contributed by atoms with Gasteiger partial charge in [0.05, 0.1) is 12.0 Å². The van der Waals surface area contributed by atoms with Crippen molar-refractivity contribution in [3.05, 3.63) is 59.7 Å². The van der Waals surface area contributed by atoms with Gasteiger partial charge in [-0.3, -0.25) is 0 Å². The topological polar surface area (TPSA) is 24.4 Å². The Kier molecular flexibility index (Phi) is 3.79. The molecule has 1 N–H and O–H groups in total. The van der Waals surface area contributed by atoms with E-state index in [0.717, 1.165) is 36.7 Å². The number of hydrogen-bond acceptors (Lipinski definition) is 1. The lowest BCUT2D eigenvalue weighted by atomic mass is 10.3. The summed E-state index contributed by atoms with van der Waals surface area (Å²) in [7, 11) is 0. The summed E-state index contributed by atoms with van der Waals surface area (Å²) in [5, 5.41) is 2.50. The fourth-order valence-corrected chi connectivity index (χ4v) is 1.43. The molecular weight excluding hydrogens is 260 g/mol. The third-order valence-corrected chi connectivity index (χ3v) is 2.15. The van der Waals surface area contributed by atoms with Crippen LogP contribution in [-0.4, -0.2) is 6.34 Å². The monoisotopic (exact) mass is 268 g/mol. The van der Waals surface area contributed by atoms with E-state index in [9.17, 15) is 17.6 Å². The maximum Gasteiger partial charge on any atom is 0.128 e. The second-order valence-corrected chi connectivity index (χ2v) is 3.69. The smallest absolute Gasteiger partial charge is 0.128 e. The van der Waals surface area contributed by atoms with Crippen molar-refractivity contribution in [3.63, 3.8) is 0 Å². The van der Waals surface area contributed by atoms with Crippen LogP contribution in [0.3, 0.4) is 0 Å². The van der Waals surface area contributed by atoms with E-state index in [2.05, 4.69) is 10.3 Å². The number of hydrogen-bond donors (Lipinski definition) is 1. The van der Waals surface area contributed by atoms with Gasteiger partial charge in [0, 0.05) is 17.8 Å². The second kappa shape index (κ2) is 5.51. The van der Waals surface area contributed by atoms with Crippen LogP contribution in [0.4, 0.5) is 28.9 Å². The van der Waals surface area contributed by atoms with Crippen molar-refractivity contribution >= 4 is 17.7 Å². The molecule has 0 unspecified atom stereocenters. The average Bonchev–Trinajstić information content (AvgIpc) is 2.26. The van der Waals surface area contributed by atoms with Gasteiger partial charge < -0.3 is 5.32 Å². The molecule has 0 fully saturated rings. The third-order valence-electron chi connectivity index (χ3n) is 2.15. The number of nitrogens with one attached hydrogen (secondary N) is 1. The van der Waals surface area contributed by atoms with E-state index in [-0.39, 0.29) is 11.4 Å².